The van der Waals surface area contributed by atoms with Gasteiger partial charge in [-0.2, -0.15) is 5.10 Å². The zero-order valence-corrected chi connectivity index (χ0v) is 13.7. The van der Waals surface area contributed by atoms with E-state index in [1.807, 2.05) is 25.5 Å². The van der Waals surface area contributed by atoms with E-state index in [9.17, 15) is 9.90 Å². The second kappa shape index (κ2) is 7.74. The fourth-order valence-electron chi connectivity index (χ4n) is 2.71. The van der Waals surface area contributed by atoms with Crippen LogP contribution in [0.5, 0.6) is 0 Å². The minimum absolute atomic E-state index is 0.168. The zero-order chi connectivity index (χ0) is 16.1. The van der Waals surface area contributed by atoms with Gasteiger partial charge >= 0.3 is 0 Å². The van der Waals surface area contributed by atoms with Crippen LogP contribution in [0.3, 0.4) is 0 Å². The molecule has 2 atom stereocenters. The number of nitrogens with zero attached hydrogens (tertiary/aromatic N) is 2. The third kappa shape index (κ3) is 3.87. The molecular formula is C16H27N3O3. The second-order valence-electron chi connectivity index (χ2n) is 6.09. The van der Waals surface area contributed by atoms with Crippen molar-refractivity contribution in [1.82, 2.24) is 15.1 Å². The van der Waals surface area contributed by atoms with Crippen LogP contribution in [0.4, 0.5) is 0 Å². The fraction of sp³-hybridized carbons (Fsp3) is 0.750. The maximum absolute atomic E-state index is 12.3. The van der Waals surface area contributed by atoms with Crippen molar-refractivity contribution in [1.29, 1.82) is 0 Å². The first kappa shape index (κ1) is 17.0. The maximum atomic E-state index is 12.3. The van der Waals surface area contributed by atoms with E-state index >= 15 is 0 Å². The summed E-state index contributed by atoms with van der Waals surface area (Å²) in [4.78, 5) is 12.3. The lowest BCUT2D eigenvalue weighted by Crippen LogP contribution is -2.35. The number of ether oxygens (including phenoxy) is 1. The summed E-state index contributed by atoms with van der Waals surface area (Å²) >= 11 is 0. The Morgan fingerprint density at radius 1 is 1.55 bits per heavy atom. The van der Waals surface area contributed by atoms with Crippen molar-refractivity contribution in [2.24, 2.45) is 5.92 Å². The number of aliphatic hydroxyl groups excluding tert-OH is 1. The smallest absolute Gasteiger partial charge is 0.254 e. The number of nitrogens with one attached hydrogen (secondary N) is 1. The highest BCUT2D eigenvalue weighted by Crippen LogP contribution is 2.23. The van der Waals surface area contributed by atoms with E-state index in [1.54, 1.807) is 6.20 Å². The first-order valence-electron chi connectivity index (χ1n) is 8.12. The van der Waals surface area contributed by atoms with E-state index in [1.165, 1.54) is 0 Å². The Morgan fingerprint density at radius 3 is 2.86 bits per heavy atom. The van der Waals surface area contributed by atoms with Gasteiger partial charge in [-0.1, -0.05) is 20.3 Å². The normalized spacial score (nSPS) is 18.9. The summed E-state index contributed by atoms with van der Waals surface area (Å²) in [7, 11) is 0. The van der Waals surface area contributed by atoms with Gasteiger partial charge < -0.3 is 15.2 Å². The van der Waals surface area contributed by atoms with E-state index < -0.39 is 6.10 Å². The van der Waals surface area contributed by atoms with Gasteiger partial charge in [0, 0.05) is 25.5 Å². The summed E-state index contributed by atoms with van der Waals surface area (Å²) in [6.45, 7) is 7.68. The van der Waals surface area contributed by atoms with Crippen LogP contribution in [0.2, 0.25) is 0 Å². The summed E-state index contributed by atoms with van der Waals surface area (Å²) in [5.41, 5.74) is 1.46. The molecule has 1 aliphatic rings. The van der Waals surface area contributed by atoms with Crippen molar-refractivity contribution in [2.45, 2.75) is 52.2 Å². The summed E-state index contributed by atoms with van der Waals surface area (Å²) in [5.74, 6) is 0.00419. The summed E-state index contributed by atoms with van der Waals surface area (Å²) in [5, 5.41) is 17.1. The van der Waals surface area contributed by atoms with Crippen LogP contribution in [0.25, 0.3) is 0 Å². The molecule has 1 amide bonds. The number of amides is 1. The van der Waals surface area contributed by atoms with Crippen molar-refractivity contribution in [3.05, 3.63) is 17.5 Å². The molecule has 2 unspecified atom stereocenters. The van der Waals surface area contributed by atoms with Crippen molar-refractivity contribution in [3.8, 4) is 0 Å². The number of hydrogen-bond acceptors (Lipinski definition) is 4. The van der Waals surface area contributed by atoms with Gasteiger partial charge in [-0.3, -0.25) is 9.48 Å². The fourth-order valence-corrected chi connectivity index (χ4v) is 2.71. The average molecular weight is 309 g/mol. The van der Waals surface area contributed by atoms with Gasteiger partial charge in [0.25, 0.3) is 5.91 Å². The third-order valence-corrected chi connectivity index (χ3v) is 4.60. The Morgan fingerprint density at radius 2 is 2.23 bits per heavy atom. The molecule has 1 saturated heterocycles. The van der Waals surface area contributed by atoms with Crippen molar-refractivity contribution in [2.75, 3.05) is 19.8 Å². The van der Waals surface area contributed by atoms with Crippen LogP contribution in [0.15, 0.2) is 6.20 Å². The molecule has 1 aliphatic heterocycles. The van der Waals surface area contributed by atoms with Crippen LogP contribution in [0.1, 0.15) is 55.2 Å². The van der Waals surface area contributed by atoms with Crippen molar-refractivity contribution >= 4 is 5.91 Å². The lowest BCUT2D eigenvalue weighted by Gasteiger charge is -2.23. The first-order valence-corrected chi connectivity index (χ1v) is 8.12. The van der Waals surface area contributed by atoms with E-state index in [2.05, 4.69) is 10.4 Å². The molecule has 6 nitrogen and oxygen atoms in total. The Labute approximate surface area is 131 Å². The molecule has 1 fully saturated rings. The highest BCUT2D eigenvalue weighted by molar-refractivity contribution is 5.95. The van der Waals surface area contributed by atoms with Gasteiger partial charge in [0.05, 0.1) is 23.9 Å². The van der Waals surface area contributed by atoms with E-state index in [0.29, 0.717) is 11.6 Å². The monoisotopic (exact) mass is 309 g/mol. The second-order valence-corrected chi connectivity index (χ2v) is 6.09. The molecule has 1 aromatic rings. The van der Waals surface area contributed by atoms with Gasteiger partial charge in [0.2, 0.25) is 0 Å². The molecule has 0 radical (unpaired) electrons. The van der Waals surface area contributed by atoms with Gasteiger partial charge in [-0.25, -0.2) is 0 Å². The van der Waals surface area contributed by atoms with Crippen LogP contribution >= 0.6 is 0 Å². The van der Waals surface area contributed by atoms with Crippen LogP contribution < -0.4 is 5.32 Å². The topological polar surface area (TPSA) is 76.4 Å². The highest BCUT2D eigenvalue weighted by Gasteiger charge is 2.22. The Bertz CT molecular complexity index is 495. The van der Waals surface area contributed by atoms with Gasteiger partial charge in [0.1, 0.15) is 0 Å². The number of carbonyl (C=O) groups is 1. The molecule has 22 heavy (non-hydrogen) atoms. The van der Waals surface area contributed by atoms with Crippen molar-refractivity contribution < 1.29 is 14.6 Å². The number of aromatic nitrogens is 2. The Kier molecular flexibility index (Phi) is 5.97. The number of rotatable bonds is 6. The van der Waals surface area contributed by atoms with Crippen LogP contribution in [-0.4, -0.2) is 46.7 Å². The van der Waals surface area contributed by atoms with Gasteiger partial charge in [-0.05, 0) is 25.7 Å². The molecule has 2 N–H and O–H groups in total. The largest absolute Gasteiger partial charge is 0.391 e. The van der Waals surface area contributed by atoms with E-state index in [4.69, 9.17) is 4.74 Å². The minimum atomic E-state index is -0.514. The molecule has 0 bridgehead atoms. The van der Waals surface area contributed by atoms with E-state index in [-0.39, 0.29) is 18.4 Å². The summed E-state index contributed by atoms with van der Waals surface area (Å²) in [6, 6.07) is 0.306. The molecule has 2 heterocycles. The summed E-state index contributed by atoms with van der Waals surface area (Å²) < 4.78 is 7.30. The molecule has 0 spiro atoms. The number of aliphatic hydroxyl groups is 1. The highest BCUT2D eigenvalue weighted by atomic mass is 16.5. The molecule has 1 aromatic heterocycles. The predicted octanol–water partition coefficient (Wildman–Crippen LogP) is 1.68. The molecule has 124 valence electrons. The first-order chi connectivity index (χ1) is 10.5. The Balaban J connectivity index is 1.97. The van der Waals surface area contributed by atoms with Crippen molar-refractivity contribution in [3.63, 3.8) is 0 Å². The quantitative estimate of drug-likeness (QED) is 0.838. The molecule has 0 aromatic carbocycles. The Hall–Kier alpha value is -1.40. The predicted molar refractivity (Wildman–Crippen MR) is 83.8 cm³/mol. The van der Waals surface area contributed by atoms with Crippen LogP contribution in [-0.2, 0) is 4.74 Å². The SMILES string of the molecule is CCC(C)C(O)CNC(=O)c1cnn(C2CCOCC2)c1C. The standard InChI is InChI=1S/C16H27N3O3/c1-4-11(2)15(20)10-17-16(21)14-9-18-19(12(14)3)13-5-7-22-8-6-13/h9,11,13,15,20H,4-8,10H2,1-3H3,(H,17,21). The summed E-state index contributed by atoms with van der Waals surface area (Å²) in [6.07, 6.45) is 3.85. The molecule has 0 aliphatic carbocycles. The molecule has 6 heteroatoms. The molecular weight excluding hydrogens is 282 g/mol. The average Bonchev–Trinajstić information content (AvgIpc) is 2.94. The van der Waals surface area contributed by atoms with Gasteiger partial charge in [-0.15, -0.1) is 0 Å². The lowest BCUT2D eigenvalue weighted by atomic mass is 10.0. The zero-order valence-electron chi connectivity index (χ0n) is 13.7. The molecule has 2 rings (SSSR count). The van der Waals surface area contributed by atoms with E-state index in [0.717, 1.165) is 38.2 Å². The molecule has 0 saturated carbocycles. The third-order valence-electron chi connectivity index (χ3n) is 4.60. The number of carbonyl (C=O) groups excluding carboxylic acids is 1. The van der Waals surface area contributed by atoms with Gasteiger partial charge in [0.15, 0.2) is 0 Å². The maximum Gasteiger partial charge on any atom is 0.254 e. The lowest BCUT2D eigenvalue weighted by molar-refractivity contribution is 0.0656. The van der Waals surface area contributed by atoms with Crippen LogP contribution in [0, 0.1) is 12.8 Å². The number of hydrogen-bond donors (Lipinski definition) is 2. The minimum Gasteiger partial charge on any atom is -0.391 e.